The molecule has 0 spiro atoms. The van der Waals surface area contributed by atoms with E-state index >= 15 is 0 Å². The molecule has 2 unspecified atom stereocenters. The Kier molecular flexibility index (Phi) is 6.29. The summed E-state index contributed by atoms with van der Waals surface area (Å²) >= 11 is 6.16. The van der Waals surface area contributed by atoms with Crippen molar-refractivity contribution in [2.24, 2.45) is 0 Å². The summed E-state index contributed by atoms with van der Waals surface area (Å²) in [6, 6.07) is 5.64. The lowest BCUT2D eigenvalue weighted by Gasteiger charge is -2.24. The molecule has 0 aliphatic carbocycles. The summed E-state index contributed by atoms with van der Waals surface area (Å²) in [5.41, 5.74) is -0.0364. The number of likely N-dealkylation sites (N-methyl/N-ethyl adjacent to an activating group) is 1. The Labute approximate surface area is 182 Å². The highest BCUT2D eigenvalue weighted by Gasteiger charge is 2.36. The van der Waals surface area contributed by atoms with E-state index in [1.807, 2.05) is 11.9 Å². The quantitative estimate of drug-likeness (QED) is 0.554. The molecule has 2 atom stereocenters. The first-order chi connectivity index (χ1) is 13.8. The van der Waals surface area contributed by atoms with Gasteiger partial charge in [-0.2, -0.15) is 0 Å². The fourth-order valence-electron chi connectivity index (χ4n) is 4.11. The van der Waals surface area contributed by atoms with E-state index in [9.17, 15) is 24.5 Å². The number of rotatable bonds is 3. The van der Waals surface area contributed by atoms with Crippen LogP contribution in [0.25, 0.3) is 22.3 Å². The third kappa shape index (κ3) is 3.63. The molecule has 1 fully saturated rings. The number of likely N-dealkylation sites (tertiary alicyclic amines) is 1. The molecule has 9 heteroatoms. The first kappa shape index (κ1) is 22.4. The predicted molar refractivity (Wildman–Crippen MR) is 114 cm³/mol. The van der Waals surface area contributed by atoms with Crippen LogP contribution >= 0.6 is 24.0 Å². The molecule has 2 heterocycles. The summed E-state index contributed by atoms with van der Waals surface area (Å²) in [4.78, 5) is 14.7. The topological polar surface area (TPSA) is 94.1 Å². The van der Waals surface area contributed by atoms with E-state index in [1.165, 1.54) is 12.1 Å². The Morgan fingerprint density at radius 1 is 1.23 bits per heavy atom. The Hall–Kier alpha value is -2.32. The van der Waals surface area contributed by atoms with Crippen molar-refractivity contribution in [3.8, 4) is 22.8 Å². The number of nitrogens with zero attached hydrogens (tertiary/aromatic N) is 1. The third-order valence-electron chi connectivity index (χ3n) is 5.57. The van der Waals surface area contributed by atoms with Crippen molar-refractivity contribution in [2.75, 3.05) is 20.2 Å². The van der Waals surface area contributed by atoms with Crippen LogP contribution in [0.1, 0.15) is 17.9 Å². The van der Waals surface area contributed by atoms with E-state index < -0.39 is 17.0 Å². The van der Waals surface area contributed by atoms with Gasteiger partial charge in [0, 0.05) is 35.2 Å². The van der Waals surface area contributed by atoms with Crippen molar-refractivity contribution in [1.82, 2.24) is 4.90 Å². The van der Waals surface area contributed by atoms with Gasteiger partial charge in [-0.15, -0.1) is 12.4 Å². The highest BCUT2D eigenvalue weighted by atomic mass is 35.5. The average Bonchev–Trinajstić information content (AvgIpc) is 3.03. The van der Waals surface area contributed by atoms with Gasteiger partial charge in [0.25, 0.3) is 0 Å². The molecule has 1 aliphatic rings. The number of fused-ring (bicyclic) bond motifs is 1. The van der Waals surface area contributed by atoms with E-state index in [2.05, 4.69) is 0 Å². The second-order valence-electron chi connectivity index (χ2n) is 7.26. The number of aliphatic hydroxyl groups excluding tert-OH is 1. The molecule has 0 saturated carbocycles. The molecule has 4 rings (SSSR count). The lowest BCUT2D eigenvalue weighted by molar-refractivity contribution is 0.172. The number of benzene rings is 2. The van der Waals surface area contributed by atoms with Crippen molar-refractivity contribution in [3.63, 3.8) is 0 Å². The maximum absolute atomic E-state index is 13.7. The lowest BCUT2D eigenvalue weighted by Crippen LogP contribution is -2.32. The average molecular weight is 456 g/mol. The second kappa shape index (κ2) is 8.43. The SMILES string of the molecule is CN1CCC(c2c(O)cc(O)c3c(=O)cc(-c4cc(F)ccc4Cl)oc23)C1CO.Cl. The molecule has 6 nitrogen and oxygen atoms in total. The first-order valence-corrected chi connectivity index (χ1v) is 9.48. The van der Waals surface area contributed by atoms with Crippen LogP contribution in [0.2, 0.25) is 5.02 Å². The molecule has 1 saturated heterocycles. The van der Waals surface area contributed by atoms with Crippen molar-refractivity contribution in [3.05, 3.63) is 57.0 Å². The van der Waals surface area contributed by atoms with Gasteiger partial charge in [-0.3, -0.25) is 4.79 Å². The van der Waals surface area contributed by atoms with Gasteiger partial charge in [-0.25, -0.2) is 4.39 Å². The number of hydrogen-bond acceptors (Lipinski definition) is 6. The minimum atomic E-state index is -0.552. The molecule has 0 amide bonds. The number of aliphatic hydroxyl groups is 1. The van der Waals surface area contributed by atoms with Gasteiger partial charge in [0.05, 0.1) is 11.6 Å². The monoisotopic (exact) mass is 455 g/mol. The lowest BCUT2D eigenvalue weighted by atomic mass is 9.89. The van der Waals surface area contributed by atoms with Crippen molar-refractivity contribution in [2.45, 2.75) is 18.4 Å². The van der Waals surface area contributed by atoms with E-state index in [0.29, 0.717) is 18.5 Å². The van der Waals surface area contributed by atoms with Crippen molar-refractivity contribution in [1.29, 1.82) is 0 Å². The number of phenolic OH excluding ortho intramolecular Hbond substituents is 2. The maximum atomic E-state index is 13.7. The zero-order valence-electron chi connectivity index (χ0n) is 15.9. The summed E-state index contributed by atoms with van der Waals surface area (Å²) in [6.07, 6.45) is 0.615. The molecular weight excluding hydrogens is 436 g/mol. The van der Waals surface area contributed by atoms with Gasteiger partial charge < -0.3 is 24.6 Å². The van der Waals surface area contributed by atoms with Crippen LogP contribution < -0.4 is 5.43 Å². The second-order valence-corrected chi connectivity index (χ2v) is 7.66. The Morgan fingerprint density at radius 2 is 1.97 bits per heavy atom. The molecule has 1 aliphatic heterocycles. The standard InChI is InChI=1S/C21H19ClFNO5.ClH/c1-24-5-4-11(14(24)9-25)19-15(26)7-16(27)20-17(28)8-18(29-21(19)20)12-6-10(23)2-3-13(12)22;/h2-3,6-8,11,14,25-27H,4-5,9H2,1H3;1H. The fraction of sp³-hybridized carbons (Fsp3) is 0.286. The van der Waals surface area contributed by atoms with Gasteiger partial charge in [-0.05, 0) is 38.2 Å². The number of hydrogen-bond donors (Lipinski definition) is 3. The Bertz CT molecular complexity index is 1170. The minimum Gasteiger partial charge on any atom is -0.507 e. The predicted octanol–water partition coefficient (Wildman–Crippen LogP) is 3.87. The van der Waals surface area contributed by atoms with Crippen LogP contribution in [0.3, 0.4) is 0 Å². The van der Waals surface area contributed by atoms with E-state index in [-0.39, 0.29) is 64.0 Å². The third-order valence-corrected chi connectivity index (χ3v) is 5.90. The first-order valence-electron chi connectivity index (χ1n) is 9.11. The number of aromatic hydroxyl groups is 2. The van der Waals surface area contributed by atoms with Crippen molar-refractivity contribution < 1.29 is 24.1 Å². The molecule has 3 aromatic rings. The molecule has 0 radical (unpaired) electrons. The van der Waals surface area contributed by atoms with Gasteiger partial charge in [-0.1, -0.05) is 11.6 Å². The molecular formula is C21H20Cl2FNO5. The molecule has 160 valence electrons. The maximum Gasteiger partial charge on any atom is 0.197 e. The fourth-order valence-corrected chi connectivity index (χ4v) is 4.32. The largest absolute Gasteiger partial charge is 0.507 e. The zero-order chi connectivity index (χ0) is 20.9. The van der Waals surface area contributed by atoms with E-state index in [1.54, 1.807) is 0 Å². The number of halogens is 3. The number of phenols is 2. The van der Waals surface area contributed by atoms with Gasteiger partial charge in [0.1, 0.15) is 34.0 Å². The molecule has 2 aromatic carbocycles. The van der Waals surface area contributed by atoms with E-state index in [0.717, 1.165) is 18.2 Å². The van der Waals surface area contributed by atoms with Crippen LogP contribution in [0.5, 0.6) is 11.5 Å². The molecule has 3 N–H and O–H groups in total. The highest BCUT2D eigenvalue weighted by Crippen LogP contribution is 2.44. The molecule has 30 heavy (non-hydrogen) atoms. The van der Waals surface area contributed by atoms with Crippen LogP contribution in [0.4, 0.5) is 4.39 Å². The summed E-state index contributed by atoms with van der Waals surface area (Å²) < 4.78 is 19.7. The van der Waals surface area contributed by atoms with Gasteiger partial charge in [0.15, 0.2) is 5.43 Å². The van der Waals surface area contributed by atoms with Gasteiger partial charge >= 0.3 is 0 Å². The molecule has 1 aromatic heterocycles. The summed E-state index contributed by atoms with van der Waals surface area (Å²) in [6.45, 7) is 0.528. The summed E-state index contributed by atoms with van der Waals surface area (Å²) in [5.74, 6) is -1.51. The van der Waals surface area contributed by atoms with Crippen LogP contribution in [-0.4, -0.2) is 46.5 Å². The Morgan fingerprint density at radius 3 is 2.67 bits per heavy atom. The van der Waals surface area contributed by atoms with Gasteiger partial charge in [0.2, 0.25) is 0 Å². The van der Waals surface area contributed by atoms with Crippen LogP contribution in [0, 0.1) is 5.82 Å². The normalized spacial score (nSPS) is 19.2. The summed E-state index contributed by atoms with van der Waals surface area (Å²) in [5, 5.41) is 30.8. The zero-order valence-corrected chi connectivity index (χ0v) is 17.5. The summed E-state index contributed by atoms with van der Waals surface area (Å²) in [7, 11) is 1.86. The van der Waals surface area contributed by atoms with E-state index in [4.69, 9.17) is 16.0 Å². The smallest absolute Gasteiger partial charge is 0.197 e. The van der Waals surface area contributed by atoms with Crippen molar-refractivity contribution >= 4 is 35.0 Å². The van der Waals surface area contributed by atoms with Crippen LogP contribution in [0.15, 0.2) is 39.5 Å². The minimum absolute atomic E-state index is 0. The Balaban J connectivity index is 0.00000256. The molecule has 0 bridgehead atoms. The van der Waals surface area contributed by atoms with Crippen LogP contribution in [-0.2, 0) is 0 Å². The highest BCUT2D eigenvalue weighted by molar-refractivity contribution is 6.33.